The number of rotatable bonds is 4. The summed E-state index contributed by atoms with van der Waals surface area (Å²) >= 11 is 0. The number of carbonyl (C=O) groups excluding carboxylic acids is 4. The van der Waals surface area contributed by atoms with E-state index >= 15 is 0 Å². The number of likely N-dealkylation sites (tertiary alicyclic amines) is 1. The molecule has 8 heteroatoms. The predicted octanol–water partition coefficient (Wildman–Crippen LogP) is 1.69. The lowest BCUT2D eigenvalue weighted by Crippen LogP contribution is -2.31. The van der Waals surface area contributed by atoms with E-state index in [1.165, 1.54) is 37.1 Å². The second-order valence-corrected chi connectivity index (χ2v) is 6.95. The van der Waals surface area contributed by atoms with E-state index in [1.54, 1.807) is 24.3 Å². The Labute approximate surface area is 175 Å². The summed E-state index contributed by atoms with van der Waals surface area (Å²) in [6.45, 7) is 1.66. The molecule has 3 rings (SSSR count). The molecule has 0 saturated carbocycles. The second kappa shape index (κ2) is 10.8. The van der Waals surface area contributed by atoms with E-state index in [4.69, 9.17) is 17.2 Å². The van der Waals surface area contributed by atoms with Crippen molar-refractivity contribution in [3.8, 4) is 0 Å². The van der Waals surface area contributed by atoms with Gasteiger partial charge in [-0.05, 0) is 61.4 Å². The van der Waals surface area contributed by atoms with Crippen LogP contribution in [0.1, 0.15) is 67.1 Å². The molecule has 1 fully saturated rings. The van der Waals surface area contributed by atoms with Gasteiger partial charge in [-0.3, -0.25) is 19.2 Å². The van der Waals surface area contributed by atoms with Gasteiger partial charge in [0.25, 0.3) is 5.91 Å². The van der Waals surface area contributed by atoms with Gasteiger partial charge in [0.2, 0.25) is 17.7 Å². The minimum Gasteiger partial charge on any atom is -0.366 e. The Morgan fingerprint density at radius 3 is 1.13 bits per heavy atom. The van der Waals surface area contributed by atoms with Crippen LogP contribution in [0.2, 0.25) is 0 Å². The smallest absolute Gasteiger partial charge is 0.253 e. The van der Waals surface area contributed by atoms with Gasteiger partial charge in [0.05, 0.1) is 0 Å². The van der Waals surface area contributed by atoms with Crippen molar-refractivity contribution in [3.63, 3.8) is 0 Å². The van der Waals surface area contributed by atoms with Crippen LogP contribution in [-0.4, -0.2) is 41.6 Å². The average Bonchev–Trinajstić information content (AvgIpc) is 3.03. The number of nitrogens with zero attached hydrogens (tertiary/aromatic N) is 1. The normalized spacial score (nSPS) is 13.4. The number of nitrogens with two attached hydrogens (primary N) is 3. The highest BCUT2D eigenvalue weighted by molar-refractivity contribution is 5.97. The fourth-order valence-corrected chi connectivity index (χ4v) is 3.03. The van der Waals surface area contributed by atoms with Crippen molar-refractivity contribution in [2.75, 3.05) is 13.1 Å². The molecule has 1 saturated heterocycles. The molecule has 4 amide bonds. The van der Waals surface area contributed by atoms with E-state index in [2.05, 4.69) is 0 Å². The van der Waals surface area contributed by atoms with Gasteiger partial charge >= 0.3 is 0 Å². The summed E-state index contributed by atoms with van der Waals surface area (Å²) in [7, 11) is 0. The van der Waals surface area contributed by atoms with Crippen molar-refractivity contribution < 1.29 is 19.2 Å². The quantitative estimate of drug-likeness (QED) is 0.703. The van der Waals surface area contributed by atoms with E-state index in [0.717, 1.165) is 25.9 Å². The number of carbonyl (C=O) groups is 4. The molecule has 30 heavy (non-hydrogen) atoms. The number of primary amides is 3. The Morgan fingerprint density at radius 2 is 0.833 bits per heavy atom. The minimum atomic E-state index is -0.522. The third kappa shape index (κ3) is 6.44. The molecule has 8 nitrogen and oxygen atoms in total. The van der Waals surface area contributed by atoms with Gasteiger partial charge in [-0.25, -0.2) is 0 Å². The van der Waals surface area contributed by atoms with Gasteiger partial charge in [-0.1, -0.05) is 12.8 Å². The first-order valence-electron chi connectivity index (χ1n) is 9.68. The van der Waals surface area contributed by atoms with E-state index in [0.29, 0.717) is 22.3 Å². The molecule has 0 radical (unpaired) electrons. The van der Waals surface area contributed by atoms with Crippen molar-refractivity contribution in [2.24, 2.45) is 17.2 Å². The molecule has 1 aliphatic rings. The molecule has 0 unspecified atom stereocenters. The molecule has 2 aromatic carbocycles. The molecule has 2 aromatic rings. The lowest BCUT2D eigenvalue weighted by atomic mass is 10.1. The zero-order chi connectivity index (χ0) is 22.1. The van der Waals surface area contributed by atoms with Crippen molar-refractivity contribution in [3.05, 3.63) is 70.8 Å². The first kappa shape index (κ1) is 22.6. The molecule has 0 aromatic heterocycles. The highest BCUT2D eigenvalue weighted by Crippen LogP contribution is 2.14. The summed E-state index contributed by atoms with van der Waals surface area (Å²) in [5.41, 5.74) is 16.9. The zero-order valence-corrected chi connectivity index (χ0v) is 16.7. The molecule has 0 atom stereocenters. The lowest BCUT2D eigenvalue weighted by molar-refractivity contribution is 0.0760. The van der Waals surface area contributed by atoms with Gasteiger partial charge in [-0.2, -0.15) is 0 Å². The number of benzene rings is 2. The highest BCUT2D eigenvalue weighted by atomic mass is 16.2. The number of hydrogen-bond acceptors (Lipinski definition) is 4. The number of hydrogen-bond donors (Lipinski definition) is 3. The van der Waals surface area contributed by atoms with Gasteiger partial charge in [0, 0.05) is 35.3 Å². The standard InChI is InChI=1S/C14H18N2O2.C8H8N2O2/c15-13(17)11-5-7-12(8-6-11)14(18)16-9-3-1-2-4-10-16;9-7(11)5-1-2-6(4-3-5)8(10)12/h5-8H,1-4,9-10H2,(H2,15,17);1-4H,(H2,9,11)(H2,10,12). The summed E-state index contributed by atoms with van der Waals surface area (Å²) in [6.07, 6.45) is 4.55. The highest BCUT2D eigenvalue weighted by Gasteiger charge is 2.17. The monoisotopic (exact) mass is 410 g/mol. The van der Waals surface area contributed by atoms with Crippen LogP contribution in [0, 0.1) is 0 Å². The molecule has 6 N–H and O–H groups in total. The molecule has 1 aliphatic heterocycles. The third-order valence-corrected chi connectivity index (χ3v) is 4.76. The maximum absolute atomic E-state index is 12.2. The molecule has 0 aliphatic carbocycles. The van der Waals surface area contributed by atoms with E-state index in [1.807, 2.05) is 4.90 Å². The van der Waals surface area contributed by atoms with Gasteiger partial charge in [-0.15, -0.1) is 0 Å². The van der Waals surface area contributed by atoms with Crippen LogP contribution in [0.25, 0.3) is 0 Å². The molecule has 0 bridgehead atoms. The summed E-state index contributed by atoms with van der Waals surface area (Å²) < 4.78 is 0. The van der Waals surface area contributed by atoms with E-state index < -0.39 is 17.7 Å². The first-order chi connectivity index (χ1) is 14.3. The van der Waals surface area contributed by atoms with Crippen LogP contribution >= 0.6 is 0 Å². The van der Waals surface area contributed by atoms with Crippen LogP contribution in [-0.2, 0) is 0 Å². The molecular formula is C22H26N4O4. The summed E-state index contributed by atoms with van der Waals surface area (Å²) in [4.78, 5) is 46.3. The van der Waals surface area contributed by atoms with Crippen molar-refractivity contribution >= 4 is 23.6 Å². The van der Waals surface area contributed by atoms with Crippen LogP contribution in [0.4, 0.5) is 0 Å². The number of amides is 4. The van der Waals surface area contributed by atoms with Gasteiger partial charge in [0.15, 0.2) is 0 Å². The maximum Gasteiger partial charge on any atom is 0.253 e. The van der Waals surface area contributed by atoms with E-state index in [9.17, 15) is 19.2 Å². The van der Waals surface area contributed by atoms with Crippen LogP contribution in [0.3, 0.4) is 0 Å². The zero-order valence-electron chi connectivity index (χ0n) is 16.7. The predicted molar refractivity (Wildman–Crippen MR) is 113 cm³/mol. The van der Waals surface area contributed by atoms with Gasteiger partial charge < -0.3 is 22.1 Å². The Kier molecular flexibility index (Phi) is 8.10. The SMILES string of the molecule is NC(=O)c1ccc(C(=O)N2CCCCCC2)cc1.NC(=O)c1ccc(C(N)=O)cc1. The Balaban J connectivity index is 0.000000232. The average molecular weight is 410 g/mol. The summed E-state index contributed by atoms with van der Waals surface area (Å²) in [5.74, 6) is -1.46. The lowest BCUT2D eigenvalue weighted by Gasteiger charge is -2.20. The first-order valence-corrected chi connectivity index (χ1v) is 9.68. The summed E-state index contributed by atoms with van der Waals surface area (Å²) in [6, 6.07) is 12.4. The van der Waals surface area contributed by atoms with Crippen LogP contribution in [0.15, 0.2) is 48.5 Å². The molecular weight excluding hydrogens is 384 g/mol. The van der Waals surface area contributed by atoms with Gasteiger partial charge in [0.1, 0.15) is 0 Å². The second-order valence-electron chi connectivity index (χ2n) is 6.95. The summed E-state index contributed by atoms with van der Waals surface area (Å²) in [5, 5.41) is 0. The third-order valence-electron chi connectivity index (χ3n) is 4.76. The van der Waals surface area contributed by atoms with Crippen molar-refractivity contribution in [1.29, 1.82) is 0 Å². The molecule has 158 valence electrons. The van der Waals surface area contributed by atoms with Crippen LogP contribution in [0.5, 0.6) is 0 Å². The van der Waals surface area contributed by atoms with E-state index in [-0.39, 0.29) is 5.91 Å². The van der Waals surface area contributed by atoms with Crippen molar-refractivity contribution in [2.45, 2.75) is 25.7 Å². The fraction of sp³-hybridized carbons (Fsp3) is 0.273. The minimum absolute atomic E-state index is 0.0490. The molecule has 1 heterocycles. The fourth-order valence-electron chi connectivity index (χ4n) is 3.03. The van der Waals surface area contributed by atoms with Crippen molar-refractivity contribution in [1.82, 2.24) is 4.90 Å². The Morgan fingerprint density at radius 1 is 0.533 bits per heavy atom. The van der Waals surface area contributed by atoms with Crippen LogP contribution < -0.4 is 17.2 Å². The Bertz CT molecular complexity index is 867. The largest absolute Gasteiger partial charge is 0.366 e. The molecule has 0 spiro atoms. The maximum atomic E-state index is 12.2. The topological polar surface area (TPSA) is 150 Å². The Hall–Kier alpha value is -3.68.